The molecular formula is C23H14F5N3O4S. The van der Waals surface area contributed by atoms with Crippen molar-refractivity contribution < 1.29 is 35.2 Å². The molecule has 1 N–H and O–H groups in total. The monoisotopic (exact) mass is 523 g/mol. The second-order valence-corrected chi connectivity index (χ2v) is 9.50. The van der Waals surface area contributed by atoms with Crippen LogP contribution in [0, 0.1) is 36.0 Å². The summed E-state index contributed by atoms with van der Waals surface area (Å²) in [7, 11) is -4.37. The van der Waals surface area contributed by atoms with Crippen LogP contribution in [0.25, 0.3) is 11.0 Å². The third kappa shape index (κ3) is 4.21. The van der Waals surface area contributed by atoms with Crippen molar-refractivity contribution in [2.75, 3.05) is 5.32 Å². The van der Waals surface area contributed by atoms with Crippen molar-refractivity contribution in [1.82, 2.24) is 9.55 Å². The van der Waals surface area contributed by atoms with E-state index in [2.05, 4.69) is 4.98 Å². The molecule has 2 aromatic carbocycles. The first-order valence-corrected chi connectivity index (χ1v) is 11.5. The van der Waals surface area contributed by atoms with E-state index >= 15 is 0 Å². The summed E-state index contributed by atoms with van der Waals surface area (Å²) in [6.45, 7) is 0.668. The Morgan fingerprint density at radius 1 is 0.917 bits per heavy atom. The third-order valence-electron chi connectivity index (χ3n) is 5.16. The van der Waals surface area contributed by atoms with Crippen LogP contribution in [0.2, 0.25) is 0 Å². The predicted octanol–water partition coefficient (Wildman–Crippen LogP) is 3.87. The van der Waals surface area contributed by atoms with Crippen molar-refractivity contribution in [1.29, 1.82) is 0 Å². The molecule has 0 saturated carbocycles. The van der Waals surface area contributed by atoms with Crippen LogP contribution in [-0.4, -0.2) is 23.9 Å². The maximum Gasteiger partial charge on any atom is 0.244 e. The normalized spacial score (nSPS) is 11.6. The van der Waals surface area contributed by atoms with Gasteiger partial charge in [-0.2, -0.15) is 0 Å². The van der Waals surface area contributed by atoms with Crippen LogP contribution in [0.3, 0.4) is 0 Å². The Labute approximate surface area is 199 Å². The zero-order valence-electron chi connectivity index (χ0n) is 18.2. The van der Waals surface area contributed by atoms with E-state index in [9.17, 15) is 40.0 Å². The van der Waals surface area contributed by atoms with Crippen molar-refractivity contribution >= 4 is 32.5 Å². The summed E-state index contributed by atoms with van der Waals surface area (Å²) >= 11 is 0. The number of hydrogen-bond acceptors (Lipinski definition) is 5. The molecular weight excluding hydrogens is 509 g/mol. The first-order chi connectivity index (χ1) is 16.9. The minimum absolute atomic E-state index is 0.139. The minimum atomic E-state index is -4.37. The lowest BCUT2D eigenvalue weighted by molar-refractivity contribution is -0.116. The molecule has 0 aliphatic heterocycles. The van der Waals surface area contributed by atoms with Gasteiger partial charge in [-0.3, -0.25) is 9.59 Å². The average Bonchev–Trinajstić information content (AvgIpc) is 2.86. The van der Waals surface area contributed by atoms with Crippen LogP contribution in [0.4, 0.5) is 27.6 Å². The standard InChI is InChI=1S/C23H14F5N3O4S/c1-11-7-8-13-22(33)14(36(34,35)12-5-3-2-4-6-12)9-31(23(13)29-11)10-15(32)30-21-19(27)17(25)16(24)18(26)20(21)28/h2-9H,10H2,1H3,(H,30,32). The number of anilines is 1. The summed E-state index contributed by atoms with van der Waals surface area (Å²) < 4.78 is 95.5. The van der Waals surface area contributed by atoms with E-state index in [1.165, 1.54) is 36.4 Å². The first kappa shape index (κ1) is 25.0. The third-order valence-corrected chi connectivity index (χ3v) is 6.92. The highest BCUT2D eigenvalue weighted by molar-refractivity contribution is 7.91. The van der Waals surface area contributed by atoms with Crippen molar-refractivity contribution in [3.05, 3.63) is 93.7 Å². The van der Waals surface area contributed by atoms with E-state index in [1.54, 1.807) is 18.3 Å². The quantitative estimate of drug-likeness (QED) is 0.243. The molecule has 0 aliphatic rings. The topological polar surface area (TPSA) is 98.1 Å². The molecule has 13 heteroatoms. The van der Waals surface area contributed by atoms with E-state index in [-0.39, 0.29) is 15.9 Å². The van der Waals surface area contributed by atoms with Crippen LogP contribution in [-0.2, 0) is 21.2 Å². The van der Waals surface area contributed by atoms with Gasteiger partial charge in [-0.05, 0) is 31.2 Å². The molecule has 36 heavy (non-hydrogen) atoms. The summed E-state index contributed by atoms with van der Waals surface area (Å²) in [5.74, 6) is -12.7. The number of rotatable bonds is 5. The Balaban J connectivity index is 1.84. The molecule has 0 bridgehead atoms. The fraction of sp³-hybridized carbons (Fsp3) is 0.0870. The van der Waals surface area contributed by atoms with Crippen molar-refractivity contribution in [2.45, 2.75) is 23.3 Å². The van der Waals surface area contributed by atoms with Crippen molar-refractivity contribution in [2.24, 2.45) is 0 Å². The number of pyridine rings is 2. The highest BCUT2D eigenvalue weighted by Gasteiger charge is 2.28. The molecule has 7 nitrogen and oxygen atoms in total. The van der Waals surface area contributed by atoms with Gasteiger partial charge in [0.2, 0.25) is 27.0 Å². The van der Waals surface area contributed by atoms with Gasteiger partial charge < -0.3 is 9.88 Å². The molecule has 2 aromatic heterocycles. The number of amides is 1. The average molecular weight is 523 g/mol. The van der Waals surface area contributed by atoms with Gasteiger partial charge in [0.15, 0.2) is 23.3 Å². The maximum atomic E-state index is 14.0. The Morgan fingerprint density at radius 2 is 1.50 bits per heavy atom. The number of fused-ring (bicyclic) bond motifs is 1. The van der Waals surface area contributed by atoms with Crippen LogP contribution in [0.15, 0.2) is 63.2 Å². The number of aryl methyl sites for hydroxylation is 1. The molecule has 0 fully saturated rings. The summed E-state index contributed by atoms with van der Waals surface area (Å²) in [6.07, 6.45) is 0.831. The number of nitrogens with zero attached hydrogens (tertiary/aromatic N) is 2. The molecule has 2 heterocycles. The van der Waals surface area contributed by atoms with Crippen LogP contribution in [0.5, 0.6) is 0 Å². The van der Waals surface area contributed by atoms with E-state index in [1.807, 2.05) is 0 Å². The Kier molecular flexibility index (Phi) is 6.35. The molecule has 4 aromatic rings. The van der Waals surface area contributed by atoms with Gasteiger partial charge in [-0.15, -0.1) is 0 Å². The number of benzene rings is 2. The molecule has 0 atom stereocenters. The summed E-state index contributed by atoms with van der Waals surface area (Å²) in [6, 6.07) is 9.68. The van der Waals surface area contributed by atoms with Crippen molar-refractivity contribution in [3.63, 3.8) is 0 Å². The number of carbonyl (C=O) groups is 1. The van der Waals surface area contributed by atoms with Gasteiger partial charge in [0.05, 0.1) is 10.3 Å². The number of halogens is 5. The lowest BCUT2D eigenvalue weighted by Gasteiger charge is -2.14. The van der Waals surface area contributed by atoms with Crippen LogP contribution in [0.1, 0.15) is 5.69 Å². The second kappa shape index (κ2) is 9.15. The number of carbonyl (C=O) groups excluding carboxylic acids is 1. The number of hydrogen-bond donors (Lipinski definition) is 1. The Hall–Kier alpha value is -4.13. The molecule has 1 amide bonds. The highest BCUT2D eigenvalue weighted by Crippen LogP contribution is 2.27. The zero-order chi connectivity index (χ0) is 26.4. The van der Waals surface area contributed by atoms with Gasteiger partial charge in [0.1, 0.15) is 22.8 Å². The number of nitrogens with one attached hydrogen (secondary N) is 1. The lowest BCUT2D eigenvalue weighted by atomic mass is 10.2. The lowest BCUT2D eigenvalue weighted by Crippen LogP contribution is -2.25. The minimum Gasteiger partial charge on any atom is -0.322 e. The van der Waals surface area contributed by atoms with Crippen LogP contribution >= 0.6 is 0 Å². The highest BCUT2D eigenvalue weighted by atomic mass is 32.2. The van der Waals surface area contributed by atoms with Gasteiger partial charge in [-0.25, -0.2) is 35.4 Å². The summed E-state index contributed by atoms with van der Waals surface area (Å²) in [4.78, 5) is 28.8. The predicted molar refractivity (Wildman–Crippen MR) is 117 cm³/mol. The van der Waals surface area contributed by atoms with Crippen molar-refractivity contribution in [3.8, 4) is 0 Å². The first-order valence-electron chi connectivity index (χ1n) is 10.1. The Morgan fingerprint density at radius 3 is 2.11 bits per heavy atom. The molecule has 0 radical (unpaired) electrons. The Bertz CT molecular complexity index is 1680. The summed E-state index contributed by atoms with van der Waals surface area (Å²) in [5.41, 5.74) is -2.24. The fourth-order valence-electron chi connectivity index (χ4n) is 3.42. The maximum absolute atomic E-state index is 14.0. The molecule has 0 saturated heterocycles. The van der Waals surface area contributed by atoms with Gasteiger partial charge in [-0.1, -0.05) is 18.2 Å². The molecule has 0 aliphatic carbocycles. The molecule has 0 spiro atoms. The van der Waals surface area contributed by atoms with E-state index in [0.717, 1.165) is 10.8 Å². The van der Waals surface area contributed by atoms with E-state index < -0.39 is 67.4 Å². The van der Waals surface area contributed by atoms with Crippen LogP contribution < -0.4 is 10.7 Å². The second-order valence-electron chi connectivity index (χ2n) is 7.58. The zero-order valence-corrected chi connectivity index (χ0v) is 19.0. The molecule has 186 valence electrons. The molecule has 0 unspecified atom stereocenters. The largest absolute Gasteiger partial charge is 0.322 e. The number of sulfone groups is 1. The van der Waals surface area contributed by atoms with E-state index in [4.69, 9.17) is 0 Å². The van der Waals surface area contributed by atoms with Gasteiger partial charge in [0.25, 0.3) is 0 Å². The number of aromatic nitrogens is 2. The smallest absolute Gasteiger partial charge is 0.244 e. The van der Waals surface area contributed by atoms with Gasteiger partial charge >= 0.3 is 0 Å². The summed E-state index contributed by atoms with van der Waals surface area (Å²) in [5, 5.41) is 1.43. The van der Waals surface area contributed by atoms with Gasteiger partial charge in [0, 0.05) is 11.9 Å². The SMILES string of the molecule is Cc1ccc2c(=O)c(S(=O)(=O)c3ccccc3)cn(CC(=O)Nc3c(F)c(F)c(F)c(F)c3F)c2n1. The fourth-order valence-corrected chi connectivity index (χ4v) is 4.81. The molecule has 4 rings (SSSR count). The van der Waals surface area contributed by atoms with E-state index in [0.29, 0.717) is 5.69 Å².